The van der Waals surface area contributed by atoms with Crippen LogP contribution in [0.15, 0.2) is 6.07 Å². The van der Waals surface area contributed by atoms with Gasteiger partial charge in [-0.3, -0.25) is 0 Å². The highest BCUT2D eigenvalue weighted by molar-refractivity contribution is 7.88. The van der Waals surface area contributed by atoms with Crippen LogP contribution in [0.2, 0.25) is 0 Å². The number of rotatable bonds is 3. The molecular weight excluding hydrogens is 206 g/mol. The van der Waals surface area contributed by atoms with Crippen LogP contribution in [0.1, 0.15) is 15.3 Å². The highest BCUT2D eigenvalue weighted by Crippen LogP contribution is 2.20. The summed E-state index contributed by atoms with van der Waals surface area (Å²) in [5, 5.41) is 0. The van der Waals surface area contributed by atoms with E-state index in [0.29, 0.717) is 6.54 Å². The summed E-state index contributed by atoms with van der Waals surface area (Å²) in [4.78, 5) is 2.30. The summed E-state index contributed by atoms with van der Waals surface area (Å²) in [5.41, 5.74) is 1.22. The highest BCUT2D eigenvalue weighted by atomic mass is 32.2. The number of hydrogen-bond donors (Lipinski definition) is 1. The van der Waals surface area contributed by atoms with Crippen molar-refractivity contribution in [2.45, 2.75) is 20.4 Å². The van der Waals surface area contributed by atoms with Crippen LogP contribution in [-0.4, -0.2) is 14.7 Å². The summed E-state index contributed by atoms with van der Waals surface area (Å²) < 4.78 is 24.0. The third-order valence-electron chi connectivity index (χ3n) is 1.73. The number of sulfonamides is 1. The summed E-state index contributed by atoms with van der Waals surface area (Å²) in [6.45, 7) is 4.46. The van der Waals surface area contributed by atoms with Crippen LogP contribution in [-0.2, 0) is 16.6 Å². The zero-order chi connectivity index (χ0) is 10.1. The first kappa shape index (κ1) is 10.7. The van der Waals surface area contributed by atoms with E-state index in [1.165, 1.54) is 16.7 Å². The first-order valence-electron chi connectivity index (χ1n) is 3.89. The summed E-state index contributed by atoms with van der Waals surface area (Å²) in [6, 6.07) is 2.01. The van der Waals surface area contributed by atoms with Gasteiger partial charge in [-0.05, 0) is 25.5 Å². The van der Waals surface area contributed by atoms with Crippen LogP contribution in [0.3, 0.4) is 0 Å². The van der Waals surface area contributed by atoms with Crippen molar-refractivity contribution in [3.63, 3.8) is 0 Å². The van der Waals surface area contributed by atoms with Gasteiger partial charge in [0, 0.05) is 16.3 Å². The van der Waals surface area contributed by atoms with Gasteiger partial charge in [0.1, 0.15) is 0 Å². The normalized spacial score (nSPS) is 11.9. The molecule has 0 aromatic carbocycles. The van der Waals surface area contributed by atoms with E-state index in [4.69, 9.17) is 0 Å². The molecule has 0 saturated heterocycles. The average molecular weight is 219 g/mol. The average Bonchev–Trinajstić information content (AvgIpc) is 2.27. The molecule has 1 heterocycles. The number of nitrogens with one attached hydrogen (secondary N) is 1. The second-order valence-corrected chi connectivity index (χ2v) is 6.22. The molecule has 0 aliphatic heterocycles. The molecule has 13 heavy (non-hydrogen) atoms. The molecule has 0 saturated carbocycles. The lowest BCUT2D eigenvalue weighted by atomic mass is 10.3. The molecule has 5 heteroatoms. The Morgan fingerprint density at radius 3 is 2.46 bits per heavy atom. The smallest absolute Gasteiger partial charge is 0.209 e. The van der Waals surface area contributed by atoms with Gasteiger partial charge < -0.3 is 0 Å². The third kappa shape index (κ3) is 3.46. The molecule has 0 radical (unpaired) electrons. The molecule has 0 unspecified atom stereocenters. The Balaban J connectivity index is 2.66. The lowest BCUT2D eigenvalue weighted by Crippen LogP contribution is -2.20. The Morgan fingerprint density at radius 2 is 2.08 bits per heavy atom. The van der Waals surface area contributed by atoms with E-state index in [1.807, 2.05) is 19.9 Å². The zero-order valence-electron chi connectivity index (χ0n) is 7.92. The molecule has 1 aromatic rings. The largest absolute Gasteiger partial charge is 0.213 e. The SMILES string of the molecule is Cc1cc(CNS(C)(=O)=O)sc1C. The summed E-state index contributed by atoms with van der Waals surface area (Å²) in [7, 11) is -3.07. The van der Waals surface area contributed by atoms with Crippen molar-refractivity contribution < 1.29 is 8.42 Å². The van der Waals surface area contributed by atoms with E-state index < -0.39 is 10.0 Å². The molecule has 0 bridgehead atoms. The maximum absolute atomic E-state index is 10.8. The minimum Gasteiger partial charge on any atom is -0.213 e. The second-order valence-electron chi connectivity index (χ2n) is 3.05. The molecular formula is C8H13NO2S2. The van der Waals surface area contributed by atoms with Crippen molar-refractivity contribution >= 4 is 21.4 Å². The van der Waals surface area contributed by atoms with Gasteiger partial charge in [-0.2, -0.15) is 0 Å². The molecule has 74 valence electrons. The molecule has 0 aliphatic rings. The van der Waals surface area contributed by atoms with E-state index >= 15 is 0 Å². The molecule has 1 rings (SSSR count). The Morgan fingerprint density at radius 1 is 1.46 bits per heavy atom. The summed E-state index contributed by atoms with van der Waals surface area (Å²) >= 11 is 1.63. The molecule has 0 spiro atoms. The van der Waals surface area contributed by atoms with E-state index in [2.05, 4.69) is 4.72 Å². The lowest BCUT2D eigenvalue weighted by molar-refractivity contribution is 0.588. The lowest BCUT2D eigenvalue weighted by Gasteiger charge is -1.97. The van der Waals surface area contributed by atoms with Crippen molar-refractivity contribution in [3.8, 4) is 0 Å². The van der Waals surface area contributed by atoms with E-state index in [9.17, 15) is 8.42 Å². The minimum absolute atomic E-state index is 0.401. The zero-order valence-corrected chi connectivity index (χ0v) is 9.55. The van der Waals surface area contributed by atoms with Crippen molar-refractivity contribution in [2.75, 3.05) is 6.26 Å². The monoisotopic (exact) mass is 219 g/mol. The van der Waals surface area contributed by atoms with Crippen LogP contribution >= 0.6 is 11.3 Å². The number of hydrogen-bond acceptors (Lipinski definition) is 3. The minimum atomic E-state index is -3.07. The first-order valence-corrected chi connectivity index (χ1v) is 6.60. The molecule has 3 nitrogen and oxygen atoms in total. The summed E-state index contributed by atoms with van der Waals surface area (Å²) in [6.07, 6.45) is 1.17. The molecule has 1 N–H and O–H groups in total. The maximum atomic E-state index is 10.8. The molecule has 0 amide bonds. The molecule has 0 fully saturated rings. The predicted octanol–water partition coefficient (Wildman–Crippen LogP) is 1.41. The molecule has 0 atom stereocenters. The predicted molar refractivity (Wildman–Crippen MR) is 55.5 cm³/mol. The van der Waals surface area contributed by atoms with Gasteiger partial charge in [0.15, 0.2) is 0 Å². The van der Waals surface area contributed by atoms with Gasteiger partial charge in [-0.1, -0.05) is 0 Å². The molecule has 0 aliphatic carbocycles. The quantitative estimate of drug-likeness (QED) is 0.835. The van der Waals surface area contributed by atoms with Crippen molar-refractivity contribution in [1.82, 2.24) is 4.72 Å². The van der Waals surface area contributed by atoms with Gasteiger partial charge in [-0.15, -0.1) is 11.3 Å². The Kier molecular flexibility index (Phi) is 3.10. The topological polar surface area (TPSA) is 46.2 Å². The van der Waals surface area contributed by atoms with Gasteiger partial charge in [0.05, 0.1) is 6.26 Å². The fraction of sp³-hybridized carbons (Fsp3) is 0.500. The van der Waals surface area contributed by atoms with Crippen LogP contribution < -0.4 is 4.72 Å². The van der Waals surface area contributed by atoms with E-state index in [1.54, 1.807) is 11.3 Å². The molecule has 1 aromatic heterocycles. The summed E-state index contributed by atoms with van der Waals surface area (Å²) in [5.74, 6) is 0. The third-order valence-corrected chi connectivity index (χ3v) is 3.55. The van der Waals surface area contributed by atoms with Crippen LogP contribution in [0.4, 0.5) is 0 Å². The Hall–Kier alpha value is -0.390. The fourth-order valence-electron chi connectivity index (χ4n) is 0.939. The van der Waals surface area contributed by atoms with Crippen LogP contribution in [0.5, 0.6) is 0 Å². The van der Waals surface area contributed by atoms with Gasteiger partial charge in [0.25, 0.3) is 0 Å². The maximum Gasteiger partial charge on any atom is 0.209 e. The standard InChI is InChI=1S/C8H13NO2S2/c1-6-4-8(12-7(6)2)5-9-13(3,10)11/h4,9H,5H2,1-3H3. The number of aryl methyl sites for hydroxylation is 2. The van der Waals surface area contributed by atoms with Gasteiger partial charge in [-0.25, -0.2) is 13.1 Å². The Labute approximate surface area is 82.8 Å². The fourth-order valence-corrected chi connectivity index (χ4v) is 2.44. The van der Waals surface area contributed by atoms with E-state index in [0.717, 1.165) is 4.88 Å². The van der Waals surface area contributed by atoms with Gasteiger partial charge in [0.2, 0.25) is 10.0 Å². The number of thiophene rings is 1. The highest BCUT2D eigenvalue weighted by Gasteiger charge is 2.04. The first-order chi connectivity index (χ1) is 5.88. The van der Waals surface area contributed by atoms with Crippen molar-refractivity contribution in [1.29, 1.82) is 0 Å². The Bertz CT molecular complexity index is 373. The van der Waals surface area contributed by atoms with Crippen molar-refractivity contribution in [3.05, 3.63) is 21.4 Å². The van der Waals surface area contributed by atoms with Gasteiger partial charge >= 0.3 is 0 Å². The van der Waals surface area contributed by atoms with Crippen LogP contribution in [0.25, 0.3) is 0 Å². The van der Waals surface area contributed by atoms with E-state index in [-0.39, 0.29) is 0 Å². The van der Waals surface area contributed by atoms with Crippen molar-refractivity contribution in [2.24, 2.45) is 0 Å². The second kappa shape index (κ2) is 3.77. The van der Waals surface area contributed by atoms with Crippen LogP contribution in [0, 0.1) is 13.8 Å².